The monoisotopic (exact) mass is 514 g/mol. The van der Waals surface area contributed by atoms with Crippen LogP contribution in [0.3, 0.4) is 0 Å². The van der Waals surface area contributed by atoms with Crippen molar-refractivity contribution in [3.8, 4) is 0 Å². The van der Waals surface area contributed by atoms with E-state index < -0.39 is 16.6 Å². The first kappa shape index (κ1) is 27.1. The Morgan fingerprint density at radius 3 is 1.65 bits per heavy atom. The van der Waals surface area contributed by atoms with E-state index in [1.165, 1.54) is 18.1 Å². The predicted octanol–water partition coefficient (Wildman–Crippen LogP) is 7.88. The summed E-state index contributed by atoms with van der Waals surface area (Å²) in [6, 6.07) is 3.69. The summed E-state index contributed by atoms with van der Waals surface area (Å²) in [4.78, 5) is 0. The molecule has 158 valence electrons. The molecule has 5 heteroatoms. The fourth-order valence-electron chi connectivity index (χ4n) is 3.13. The molecule has 0 aromatic heterocycles. The minimum atomic E-state index is -1.72. The van der Waals surface area contributed by atoms with Crippen molar-refractivity contribution < 1.29 is 8.85 Å². The molecule has 0 aliphatic heterocycles. The Morgan fingerprint density at radius 2 is 1.31 bits per heavy atom. The lowest BCUT2D eigenvalue weighted by Crippen LogP contribution is -2.46. The summed E-state index contributed by atoms with van der Waals surface area (Å²) < 4.78 is 14.8. The van der Waals surface area contributed by atoms with Crippen molar-refractivity contribution in [3.05, 3.63) is 0 Å². The van der Waals surface area contributed by atoms with Gasteiger partial charge in [0.05, 0.1) is 0 Å². The Morgan fingerprint density at radius 1 is 0.846 bits per heavy atom. The summed E-state index contributed by atoms with van der Waals surface area (Å²) in [5, 5.41) is 0.265. The fourth-order valence-corrected chi connectivity index (χ4v) is 8.19. The number of alkyl halides is 1. The maximum atomic E-state index is 6.95. The van der Waals surface area contributed by atoms with Crippen LogP contribution in [-0.4, -0.2) is 33.3 Å². The normalized spacial score (nSPS) is 18.5. The van der Waals surface area contributed by atoms with Crippen LogP contribution in [0, 0.1) is 11.8 Å². The van der Waals surface area contributed by atoms with Crippen molar-refractivity contribution >= 4 is 39.2 Å². The Hall–Kier alpha value is 1.08. The highest BCUT2D eigenvalue weighted by Crippen LogP contribution is 2.39. The Kier molecular flexibility index (Phi) is 11.8. The van der Waals surface area contributed by atoms with Crippen LogP contribution in [0.1, 0.15) is 68.7 Å². The van der Waals surface area contributed by atoms with Crippen LogP contribution in [0.2, 0.25) is 36.3 Å². The molecule has 0 bridgehead atoms. The molecule has 0 rings (SSSR count). The van der Waals surface area contributed by atoms with Crippen molar-refractivity contribution in [2.24, 2.45) is 11.8 Å². The van der Waals surface area contributed by atoms with Gasteiger partial charge in [0.1, 0.15) is 0 Å². The van der Waals surface area contributed by atoms with Crippen molar-refractivity contribution in [1.29, 1.82) is 0 Å². The summed E-state index contributed by atoms with van der Waals surface area (Å²) in [6.45, 7) is 25.7. The van der Waals surface area contributed by atoms with Crippen molar-refractivity contribution in [3.63, 3.8) is 0 Å². The minimum absolute atomic E-state index is 0.265. The summed E-state index contributed by atoms with van der Waals surface area (Å²) in [5.41, 5.74) is 0. The van der Waals surface area contributed by atoms with Crippen LogP contribution in [0.5, 0.6) is 0 Å². The van der Waals surface area contributed by atoms with Crippen molar-refractivity contribution in [2.45, 2.75) is 117 Å². The van der Waals surface area contributed by atoms with E-state index in [2.05, 4.69) is 98.0 Å². The van der Waals surface area contributed by atoms with E-state index in [0.717, 1.165) is 10.8 Å². The van der Waals surface area contributed by atoms with E-state index in [0.29, 0.717) is 24.0 Å². The second-order valence-corrected chi connectivity index (χ2v) is 20.2. The van der Waals surface area contributed by atoms with Gasteiger partial charge in [-0.15, -0.1) is 0 Å². The highest BCUT2D eigenvalue weighted by atomic mass is 127. The molecule has 0 heterocycles. The lowest BCUT2D eigenvalue weighted by atomic mass is 9.93. The van der Waals surface area contributed by atoms with Gasteiger partial charge in [0.15, 0.2) is 16.6 Å². The fraction of sp³-hybridized carbons (Fsp3) is 1.00. The van der Waals surface area contributed by atoms with E-state index in [4.69, 9.17) is 8.85 Å². The van der Waals surface area contributed by atoms with E-state index in [-0.39, 0.29) is 5.04 Å². The maximum absolute atomic E-state index is 6.95. The van der Waals surface area contributed by atoms with Gasteiger partial charge in [0.25, 0.3) is 0 Å². The van der Waals surface area contributed by atoms with E-state index in [9.17, 15) is 0 Å². The molecular formula is C21H47IO2Si2. The third-order valence-corrected chi connectivity index (χ3v) is 17.5. The van der Waals surface area contributed by atoms with Crippen LogP contribution in [0.15, 0.2) is 0 Å². The third-order valence-electron chi connectivity index (χ3n) is 6.90. The molecule has 0 N–H and O–H groups in total. The molecule has 0 amide bonds. The minimum Gasteiger partial charge on any atom is -0.414 e. The first-order valence-electron chi connectivity index (χ1n) is 10.7. The zero-order chi connectivity index (χ0) is 20.8. The van der Waals surface area contributed by atoms with Gasteiger partial charge in [-0.25, -0.2) is 0 Å². The Bertz CT molecular complexity index is 384. The molecule has 0 fully saturated rings. The van der Waals surface area contributed by atoms with Gasteiger partial charge in [-0.3, -0.25) is 0 Å². The first-order valence-corrected chi connectivity index (χ1v) is 17.7. The zero-order valence-electron chi connectivity index (χ0n) is 19.5. The lowest BCUT2D eigenvalue weighted by molar-refractivity contribution is 0.0711. The number of hydrogen-bond acceptors (Lipinski definition) is 2. The first-order chi connectivity index (χ1) is 11.8. The van der Waals surface area contributed by atoms with Crippen LogP contribution >= 0.6 is 22.6 Å². The maximum Gasteiger partial charge on any atom is 0.192 e. The molecule has 0 radical (unpaired) electrons. The van der Waals surface area contributed by atoms with Gasteiger partial charge < -0.3 is 8.85 Å². The molecule has 0 aliphatic carbocycles. The van der Waals surface area contributed by atoms with Crippen LogP contribution < -0.4 is 0 Å². The summed E-state index contributed by atoms with van der Waals surface area (Å²) in [5.74, 6) is 1.13. The molecule has 0 aromatic carbocycles. The average Bonchev–Trinajstić information content (AvgIpc) is 2.56. The summed E-state index contributed by atoms with van der Waals surface area (Å²) >= 11 is 2.52. The van der Waals surface area contributed by atoms with Gasteiger partial charge in [-0.1, -0.05) is 78.0 Å². The Balaban J connectivity index is 5.17. The van der Waals surface area contributed by atoms with E-state index in [1.54, 1.807) is 0 Å². The topological polar surface area (TPSA) is 18.5 Å². The molecule has 0 saturated heterocycles. The molecule has 0 spiro atoms. The summed E-state index contributed by atoms with van der Waals surface area (Å²) in [7, 11) is -3.29. The molecule has 0 saturated carbocycles. The number of rotatable bonds is 12. The second-order valence-electron chi connectivity index (χ2n) is 9.83. The quantitative estimate of drug-likeness (QED) is 0.150. The van der Waals surface area contributed by atoms with Gasteiger partial charge in [0, 0.05) is 16.6 Å². The van der Waals surface area contributed by atoms with Gasteiger partial charge in [-0.2, -0.15) is 0 Å². The number of hydrogen-bond donors (Lipinski definition) is 0. The molecule has 26 heavy (non-hydrogen) atoms. The standard InChI is InChI=1S/C21H47IO2Si2/c1-12-26(13-2,14-3)24-20(18(5)16-22)15-17(4)19(6)23-25(10,11)21(7,8)9/h17-20H,12-16H2,1-11H3/t17-,18-,19-,20+/m0/s1. The molecule has 4 atom stereocenters. The largest absolute Gasteiger partial charge is 0.414 e. The van der Waals surface area contributed by atoms with E-state index >= 15 is 0 Å². The third kappa shape index (κ3) is 7.84. The lowest BCUT2D eigenvalue weighted by Gasteiger charge is -2.41. The highest BCUT2D eigenvalue weighted by Gasteiger charge is 2.40. The van der Waals surface area contributed by atoms with Crippen LogP contribution in [0.25, 0.3) is 0 Å². The summed E-state index contributed by atoms with van der Waals surface area (Å²) in [6.07, 6.45) is 1.79. The SMILES string of the molecule is CC[Si](CC)(CC)O[C@H](C[C@H](C)[C@H](C)O[Si](C)(C)C(C)(C)C)[C@@H](C)CI. The zero-order valence-corrected chi connectivity index (χ0v) is 23.7. The molecule has 2 nitrogen and oxygen atoms in total. The average molecular weight is 515 g/mol. The van der Waals surface area contributed by atoms with Gasteiger partial charge in [-0.05, 0) is 61.4 Å². The van der Waals surface area contributed by atoms with Gasteiger partial charge in [0.2, 0.25) is 0 Å². The van der Waals surface area contributed by atoms with Crippen molar-refractivity contribution in [1.82, 2.24) is 0 Å². The highest BCUT2D eigenvalue weighted by molar-refractivity contribution is 14.1. The molecular weight excluding hydrogens is 467 g/mol. The predicted molar refractivity (Wildman–Crippen MR) is 132 cm³/mol. The molecule has 0 aromatic rings. The smallest absolute Gasteiger partial charge is 0.192 e. The van der Waals surface area contributed by atoms with E-state index in [1.807, 2.05) is 0 Å². The van der Waals surface area contributed by atoms with Crippen molar-refractivity contribution in [2.75, 3.05) is 4.43 Å². The van der Waals surface area contributed by atoms with Crippen LogP contribution in [-0.2, 0) is 8.85 Å². The van der Waals surface area contributed by atoms with Gasteiger partial charge >= 0.3 is 0 Å². The second kappa shape index (κ2) is 11.3. The molecule has 0 unspecified atom stereocenters. The molecule has 0 aliphatic rings. The van der Waals surface area contributed by atoms with Crippen LogP contribution in [0.4, 0.5) is 0 Å². The number of halogens is 1. The Labute approximate surface area is 181 Å².